The molecule has 2 aromatic rings. The number of rotatable bonds is 9. The molecule has 2 aromatic carbocycles. The minimum absolute atomic E-state index is 0.157. The number of hydrogen-bond donors (Lipinski definition) is 1. The second-order valence-electron chi connectivity index (χ2n) is 8.34. The molecule has 0 bridgehead atoms. The molecular weight excluding hydrogens is 394 g/mol. The lowest BCUT2D eigenvalue weighted by Gasteiger charge is -2.37. The lowest BCUT2D eigenvalue weighted by molar-refractivity contribution is 0.203. The summed E-state index contributed by atoms with van der Waals surface area (Å²) in [5.41, 5.74) is 11.5. The predicted molar refractivity (Wildman–Crippen MR) is 138 cm³/mol. The molecule has 2 N–H and O–H groups in total. The van der Waals surface area contributed by atoms with Crippen molar-refractivity contribution in [3.8, 4) is 0 Å². The SMILES string of the molecule is C=C(CN)N(C)Cc1cccc(C(/C=N\C(C)N2CCN(c3ccccc3)CC2)=C/C)c1. The molecule has 1 fully saturated rings. The average molecular weight is 432 g/mol. The third kappa shape index (κ3) is 6.31. The van der Waals surface area contributed by atoms with Crippen molar-refractivity contribution < 1.29 is 0 Å². The van der Waals surface area contributed by atoms with Crippen molar-refractivity contribution in [1.29, 1.82) is 0 Å². The van der Waals surface area contributed by atoms with Gasteiger partial charge in [-0.15, -0.1) is 0 Å². The Kier molecular flexibility index (Phi) is 8.65. The van der Waals surface area contributed by atoms with E-state index in [1.54, 1.807) is 0 Å². The van der Waals surface area contributed by atoms with Crippen LogP contribution in [0.1, 0.15) is 25.0 Å². The van der Waals surface area contributed by atoms with E-state index in [0.29, 0.717) is 6.54 Å². The van der Waals surface area contributed by atoms with Gasteiger partial charge in [0.15, 0.2) is 0 Å². The summed E-state index contributed by atoms with van der Waals surface area (Å²) in [4.78, 5) is 11.9. The Bertz CT molecular complexity index is 926. The lowest BCUT2D eigenvalue weighted by Crippen LogP contribution is -2.49. The zero-order chi connectivity index (χ0) is 22.9. The van der Waals surface area contributed by atoms with Crippen LogP contribution in [0.5, 0.6) is 0 Å². The smallest absolute Gasteiger partial charge is 0.0991 e. The highest BCUT2D eigenvalue weighted by Crippen LogP contribution is 2.19. The Hall–Kier alpha value is -2.89. The van der Waals surface area contributed by atoms with Gasteiger partial charge in [0.2, 0.25) is 0 Å². The molecule has 1 heterocycles. The lowest BCUT2D eigenvalue weighted by atomic mass is 10.0. The van der Waals surface area contributed by atoms with E-state index >= 15 is 0 Å². The van der Waals surface area contributed by atoms with E-state index in [2.05, 4.69) is 95.8 Å². The summed E-state index contributed by atoms with van der Waals surface area (Å²) in [6.45, 7) is 13.6. The highest BCUT2D eigenvalue weighted by Gasteiger charge is 2.20. The van der Waals surface area contributed by atoms with Gasteiger partial charge in [-0.05, 0) is 48.7 Å². The number of nitrogens with zero attached hydrogens (tertiary/aromatic N) is 4. The molecule has 0 aromatic heterocycles. The van der Waals surface area contributed by atoms with Crippen molar-refractivity contribution in [3.63, 3.8) is 0 Å². The maximum atomic E-state index is 5.72. The molecule has 1 unspecified atom stereocenters. The van der Waals surface area contributed by atoms with Gasteiger partial charge < -0.3 is 15.5 Å². The van der Waals surface area contributed by atoms with Crippen LogP contribution in [0.2, 0.25) is 0 Å². The van der Waals surface area contributed by atoms with E-state index in [0.717, 1.165) is 44.0 Å². The fraction of sp³-hybridized carbons (Fsp3) is 0.370. The largest absolute Gasteiger partial charge is 0.373 e. The van der Waals surface area contributed by atoms with Gasteiger partial charge in [-0.3, -0.25) is 9.89 Å². The molecule has 1 saturated heterocycles. The summed E-state index contributed by atoms with van der Waals surface area (Å²) in [6.07, 6.45) is 4.31. The van der Waals surface area contributed by atoms with Crippen molar-refractivity contribution in [2.75, 3.05) is 44.7 Å². The van der Waals surface area contributed by atoms with Gasteiger partial charge in [-0.25, -0.2) is 0 Å². The molecule has 0 aliphatic carbocycles. The number of allylic oxidation sites excluding steroid dienone is 2. The normalized spacial score (nSPS) is 16.4. The van der Waals surface area contributed by atoms with Gasteiger partial charge in [-0.2, -0.15) is 0 Å². The van der Waals surface area contributed by atoms with Crippen molar-refractivity contribution in [1.82, 2.24) is 9.80 Å². The molecule has 3 rings (SSSR count). The van der Waals surface area contributed by atoms with Gasteiger partial charge >= 0.3 is 0 Å². The van der Waals surface area contributed by atoms with Crippen LogP contribution in [-0.4, -0.2) is 62.0 Å². The molecule has 0 radical (unpaired) electrons. The zero-order valence-electron chi connectivity index (χ0n) is 19.7. The van der Waals surface area contributed by atoms with E-state index in [4.69, 9.17) is 10.7 Å². The summed E-state index contributed by atoms with van der Waals surface area (Å²) in [5.74, 6) is 0. The van der Waals surface area contributed by atoms with E-state index < -0.39 is 0 Å². The summed E-state index contributed by atoms with van der Waals surface area (Å²) in [6, 6.07) is 19.3. The number of likely N-dealkylation sites (N-methyl/N-ethyl adjacent to an activating group) is 1. The highest BCUT2D eigenvalue weighted by atomic mass is 15.3. The van der Waals surface area contributed by atoms with Crippen molar-refractivity contribution in [2.45, 2.75) is 26.6 Å². The zero-order valence-corrected chi connectivity index (χ0v) is 19.7. The van der Waals surface area contributed by atoms with E-state index in [-0.39, 0.29) is 6.17 Å². The fourth-order valence-corrected chi connectivity index (χ4v) is 3.98. The van der Waals surface area contributed by atoms with Gasteiger partial charge in [0, 0.05) is 63.9 Å². The van der Waals surface area contributed by atoms with Crippen molar-refractivity contribution >= 4 is 17.5 Å². The first-order valence-corrected chi connectivity index (χ1v) is 11.4. The van der Waals surface area contributed by atoms with Crippen LogP contribution < -0.4 is 10.6 Å². The number of hydrogen-bond acceptors (Lipinski definition) is 5. The van der Waals surface area contributed by atoms with Crippen LogP contribution >= 0.6 is 0 Å². The molecule has 170 valence electrons. The van der Waals surface area contributed by atoms with Crippen LogP contribution in [-0.2, 0) is 6.54 Å². The monoisotopic (exact) mass is 431 g/mol. The third-order valence-corrected chi connectivity index (χ3v) is 6.16. The standard InChI is InChI=1S/C27H37N5/c1-5-25(26-11-9-10-24(18-26)21-30(4)22(2)19-28)20-29-23(3)31-14-16-32(17-15-31)27-12-7-6-8-13-27/h5-13,18,20,23H,2,14-17,19,21,28H2,1,3-4H3/b25-5+,29-20-. The van der Waals surface area contributed by atoms with Crippen LogP contribution in [0.15, 0.2) is 77.9 Å². The van der Waals surface area contributed by atoms with Crippen LogP contribution in [0, 0.1) is 0 Å². The van der Waals surface area contributed by atoms with Crippen molar-refractivity contribution in [2.24, 2.45) is 10.7 Å². The fourth-order valence-electron chi connectivity index (χ4n) is 3.98. The van der Waals surface area contributed by atoms with E-state index in [1.165, 1.54) is 16.8 Å². The maximum Gasteiger partial charge on any atom is 0.0991 e. The second kappa shape index (κ2) is 11.7. The Morgan fingerprint density at radius 3 is 2.50 bits per heavy atom. The summed E-state index contributed by atoms with van der Waals surface area (Å²) >= 11 is 0. The topological polar surface area (TPSA) is 48.1 Å². The molecule has 1 aliphatic heterocycles. The number of para-hydroxylation sites is 1. The number of benzene rings is 2. The average Bonchev–Trinajstić information content (AvgIpc) is 2.84. The number of anilines is 1. The number of aliphatic imine (C=N–C) groups is 1. The van der Waals surface area contributed by atoms with E-state index in [9.17, 15) is 0 Å². The summed E-state index contributed by atoms with van der Waals surface area (Å²) in [5, 5.41) is 0. The molecule has 0 amide bonds. The maximum absolute atomic E-state index is 5.72. The third-order valence-electron chi connectivity index (χ3n) is 6.16. The Balaban J connectivity index is 1.59. The number of nitrogens with two attached hydrogens (primary N) is 1. The molecule has 0 saturated carbocycles. The van der Waals surface area contributed by atoms with Crippen LogP contribution in [0.3, 0.4) is 0 Å². The molecule has 1 atom stereocenters. The van der Waals surface area contributed by atoms with E-state index in [1.807, 2.05) is 13.3 Å². The van der Waals surface area contributed by atoms with Gasteiger partial charge in [0.05, 0.1) is 6.17 Å². The minimum Gasteiger partial charge on any atom is -0.373 e. The van der Waals surface area contributed by atoms with Crippen LogP contribution in [0.25, 0.3) is 5.57 Å². The number of piperazine rings is 1. The van der Waals surface area contributed by atoms with Crippen molar-refractivity contribution in [3.05, 3.63) is 84.1 Å². The molecule has 5 heteroatoms. The van der Waals surface area contributed by atoms with Gasteiger partial charge in [-0.1, -0.05) is 49.1 Å². The molecule has 0 spiro atoms. The molecule has 1 aliphatic rings. The van der Waals surface area contributed by atoms with Crippen LogP contribution in [0.4, 0.5) is 5.69 Å². The summed E-state index contributed by atoms with van der Waals surface area (Å²) < 4.78 is 0. The Morgan fingerprint density at radius 2 is 1.84 bits per heavy atom. The second-order valence-corrected chi connectivity index (χ2v) is 8.34. The first kappa shape index (κ1) is 23.8. The summed E-state index contributed by atoms with van der Waals surface area (Å²) in [7, 11) is 2.03. The Labute approximate surface area is 193 Å². The molecule has 5 nitrogen and oxygen atoms in total. The quantitative estimate of drug-likeness (QED) is 0.604. The predicted octanol–water partition coefficient (Wildman–Crippen LogP) is 4.23. The van der Waals surface area contributed by atoms with Gasteiger partial charge in [0.25, 0.3) is 0 Å². The Morgan fingerprint density at radius 1 is 1.12 bits per heavy atom. The first-order valence-electron chi connectivity index (χ1n) is 11.4. The highest BCUT2D eigenvalue weighted by molar-refractivity contribution is 6.09. The van der Waals surface area contributed by atoms with Gasteiger partial charge in [0.1, 0.15) is 0 Å². The molecular formula is C27H37N5. The first-order chi connectivity index (χ1) is 15.5. The molecule has 32 heavy (non-hydrogen) atoms. The minimum atomic E-state index is 0.157.